The molecule has 1 aliphatic heterocycles. The van der Waals surface area contributed by atoms with E-state index < -0.39 is 5.91 Å². The Hall–Kier alpha value is -2.99. The van der Waals surface area contributed by atoms with Crippen molar-refractivity contribution < 1.29 is 4.79 Å². The topological polar surface area (TPSA) is 92.9 Å². The van der Waals surface area contributed by atoms with Gasteiger partial charge in [-0.25, -0.2) is 9.97 Å². The van der Waals surface area contributed by atoms with Gasteiger partial charge in [-0.15, -0.1) is 0 Å². The van der Waals surface area contributed by atoms with Gasteiger partial charge in [0.25, 0.3) is 5.91 Å². The van der Waals surface area contributed by atoms with Crippen LogP contribution in [0.2, 0.25) is 0 Å². The van der Waals surface area contributed by atoms with Gasteiger partial charge in [0.1, 0.15) is 12.1 Å². The number of nitrogens with one attached hydrogen (secondary N) is 2. The van der Waals surface area contributed by atoms with Crippen LogP contribution in [0.5, 0.6) is 0 Å². The molecule has 0 bridgehead atoms. The standard InChI is InChI=1S/C19H19N5O/c20-18(25)13-7-4-8-14-17(13)22-11-23-19(14)24-16-10-21-9-15(16)12-5-2-1-3-6-12/h1-8,11,15-16,21H,9-10H2,(H2,20,25)(H,22,23,24)/t15-,16?/m1/s1. The zero-order valence-corrected chi connectivity index (χ0v) is 13.6. The first-order valence-electron chi connectivity index (χ1n) is 8.30. The van der Waals surface area contributed by atoms with Crippen molar-refractivity contribution in [2.24, 2.45) is 5.73 Å². The Bertz CT molecular complexity index is 912. The fourth-order valence-corrected chi connectivity index (χ4v) is 3.46. The number of carbonyl (C=O) groups excluding carboxylic acids is 1. The molecule has 0 aliphatic carbocycles. The zero-order chi connectivity index (χ0) is 17.2. The summed E-state index contributed by atoms with van der Waals surface area (Å²) in [5.74, 6) is 0.591. The predicted molar refractivity (Wildman–Crippen MR) is 97.5 cm³/mol. The molecule has 6 heteroatoms. The van der Waals surface area contributed by atoms with Crippen LogP contribution in [-0.2, 0) is 0 Å². The maximum Gasteiger partial charge on any atom is 0.250 e. The van der Waals surface area contributed by atoms with Gasteiger partial charge in [-0.2, -0.15) is 0 Å². The Kier molecular flexibility index (Phi) is 4.03. The highest BCUT2D eigenvalue weighted by molar-refractivity contribution is 6.06. The molecule has 1 amide bonds. The van der Waals surface area contributed by atoms with Gasteiger partial charge in [0.15, 0.2) is 0 Å². The molecule has 2 heterocycles. The van der Waals surface area contributed by atoms with Crippen LogP contribution in [0, 0.1) is 0 Å². The van der Waals surface area contributed by atoms with E-state index >= 15 is 0 Å². The molecule has 1 fully saturated rings. The third kappa shape index (κ3) is 2.92. The van der Waals surface area contributed by atoms with Crippen molar-refractivity contribution >= 4 is 22.6 Å². The van der Waals surface area contributed by atoms with Crippen LogP contribution in [0.15, 0.2) is 54.9 Å². The van der Waals surface area contributed by atoms with Crippen molar-refractivity contribution in [3.05, 3.63) is 66.0 Å². The van der Waals surface area contributed by atoms with E-state index in [2.05, 4.69) is 44.9 Å². The molecule has 25 heavy (non-hydrogen) atoms. The first-order valence-corrected chi connectivity index (χ1v) is 8.30. The normalized spacial score (nSPS) is 19.8. The summed E-state index contributed by atoms with van der Waals surface area (Å²) in [5, 5.41) is 7.77. The fourth-order valence-electron chi connectivity index (χ4n) is 3.46. The number of carbonyl (C=O) groups is 1. The molecule has 0 saturated carbocycles. The highest BCUT2D eigenvalue weighted by atomic mass is 16.1. The average molecular weight is 333 g/mol. The van der Waals surface area contributed by atoms with Gasteiger partial charge in [-0.3, -0.25) is 4.79 Å². The lowest BCUT2D eigenvalue weighted by Gasteiger charge is -2.21. The zero-order valence-electron chi connectivity index (χ0n) is 13.6. The Morgan fingerprint density at radius 3 is 2.72 bits per heavy atom. The van der Waals surface area contributed by atoms with Crippen LogP contribution in [0.4, 0.5) is 5.82 Å². The third-order valence-corrected chi connectivity index (χ3v) is 4.69. The smallest absolute Gasteiger partial charge is 0.250 e. The SMILES string of the molecule is NC(=O)c1cccc2c(NC3CNC[C@@H]3c3ccccc3)ncnc12. The minimum Gasteiger partial charge on any atom is -0.366 e. The lowest BCUT2D eigenvalue weighted by molar-refractivity contribution is 0.100. The van der Waals surface area contributed by atoms with E-state index in [-0.39, 0.29) is 6.04 Å². The van der Waals surface area contributed by atoms with Crippen molar-refractivity contribution in [3.8, 4) is 0 Å². The average Bonchev–Trinajstić information content (AvgIpc) is 3.10. The van der Waals surface area contributed by atoms with Crippen LogP contribution in [0.3, 0.4) is 0 Å². The van der Waals surface area contributed by atoms with Gasteiger partial charge in [-0.05, 0) is 17.7 Å². The van der Waals surface area contributed by atoms with Crippen molar-refractivity contribution in [1.82, 2.24) is 15.3 Å². The number of hydrogen-bond acceptors (Lipinski definition) is 5. The molecule has 4 N–H and O–H groups in total. The summed E-state index contributed by atoms with van der Waals surface area (Å²) in [6.45, 7) is 1.76. The van der Waals surface area contributed by atoms with Crippen molar-refractivity contribution in [2.45, 2.75) is 12.0 Å². The molecule has 1 aromatic heterocycles. The monoisotopic (exact) mass is 333 g/mol. The van der Waals surface area contributed by atoms with E-state index in [0.717, 1.165) is 24.3 Å². The number of nitrogens with two attached hydrogens (primary N) is 1. The Labute approximate surface area is 145 Å². The molecular weight excluding hydrogens is 314 g/mol. The number of anilines is 1. The second-order valence-electron chi connectivity index (χ2n) is 6.21. The molecule has 3 aromatic rings. The minimum atomic E-state index is -0.486. The van der Waals surface area contributed by atoms with E-state index in [4.69, 9.17) is 5.73 Å². The quantitative estimate of drug-likeness (QED) is 0.678. The highest BCUT2D eigenvalue weighted by Crippen LogP contribution is 2.28. The number of hydrogen-bond donors (Lipinski definition) is 3. The van der Waals surface area contributed by atoms with E-state index in [1.54, 1.807) is 12.1 Å². The van der Waals surface area contributed by atoms with E-state index in [1.807, 2.05) is 12.1 Å². The predicted octanol–water partition coefficient (Wildman–Crippen LogP) is 1.90. The molecule has 0 spiro atoms. The Balaban J connectivity index is 1.69. The molecule has 126 valence electrons. The number of nitrogens with zero attached hydrogens (tertiary/aromatic N) is 2. The molecular formula is C19H19N5O. The number of para-hydroxylation sites is 1. The highest BCUT2D eigenvalue weighted by Gasteiger charge is 2.29. The van der Waals surface area contributed by atoms with Gasteiger partial charge in [-0.1, -0.05) is 36.4 Å². The van der Waals surface area contributed by atoms with Crippen LogP contribution in [0.25, 0.3) is 10.9 Å². The number of aromatic nitrogens is 2. The molecule has 6 nitrogen and oxygen atoms in total. The summed E-state index contributed by atoms with van der Waals surface area (Å²) in [5.41, 5.74) is 7.74. The second-order valence-corrected chi connectivity index (χ2v) is 6.21. The van der Waals surface area contributed by atoms with E-state index in [0.29, 0.717) is 17.0 Å². The van der Waals surface area contributed by atoms with Crippen LogP contribution in [0.1, 0.15) is 21.8 Å². The lowest BCUT2D eigenvalue weighted by atomic mass is 9.94. The number of rotatable bonds is 4. The second kappa shape index (κ2) is 6.49. The Morgan fingerprint density at radius 1 is 1.08 bits per heavy atom. The Morgan fingerprint density at radius 2 is 1.92 bits per heavy atom. The summed E-state index contributed by atoms with van der Waals surface area (Å²) in [4.78, 5) is 20.3. The summed E-state index contributed by atoms with van der Waals surface area (Å²) in [6.07, 6.45) is 1.47. The number of primary amides is 1. The lowest BCUT2D eigenvalue weighted by Crippen LogP contribution is -2.27. The maximum absolute atomic E-state index is 11.6. The van der Waals surface area contributed by atoms with Gasteiger partial charge in [0, 0.05) is 30.4 Å². The molecule has 4 rings (SSSR count). The molecule has 1 aliphatic rings. The number of amides is 1. The van der Waals surface area contributed by atoms with Gasteiger partial charge < -0.3 is 16.4 Å². The maximum atomic E-state index is 11.6. The number of fused-ring (bicyclic) bond motifs is 1. The summed E-state index contributed by atoms with van der Waals surface area (Å²) in [7, 11) is 0. The summed E-state index contributed by atoms with van der Waals surface area (Å²) in [6, 6.07) is 16.0. The summed E-state index contributed by atoms with van der Waals surface area (Å²) < 4.78 is 0. The first kappa shape index (κ1) is 15.5. The molecule has 2 atom stereocenters. The fraction of sp³-hybridized carbons (Fsp3) is 0.211. The van der Waals surface area contributed by atoms with E-state index in [1.165, 1.54) is 11.9 Å². The first-order chi connectivity index (χ1) is 12.2. The molecule has 1 unspecified atom stereocenters. The summed E-state index contributed by atoms with van der Waals surface area (Å²) >= 11 is 0. The largest absolute Gasteiger partial charge is 0.366 e. The van der Waals surface area contributed by atoms with Crippen LogP contribution < -0.4 is 16.4 Å². The van der Waals surface area contributed by atoms with Crippen LogP contribution in [-0.4, -0.2) is 35.0 Å². The molecule has 1 saturated heterocycles. The van der Waals surface area contributed by atoms with Gasteiger partial charge in [0.05, 0.1) is 11.1 Å². The number of benzene rings is 2. The molecule has 2 aromatic carbocycles. The van der Waals surface area contributed by atoms with Gasteiger partial charge >= 0.3 is 0 Å². The molecule has 0 radical (unpaired) electrons. The van der Waals surface area contributed by atoms with Crippen LogP contribution >= 0.6 is 0 Å². The van der Waals surface area contributed by atoms with Crippen molar-refractivity contribution in [1.29, 1.82) is 0 Å². The van der Waals surface area contributed by atoms with Crippen molar-refractivity contribution in [3.63, 3.8) is 0 Å². The third-order valence-electron chi connectivity index (χ3n) is 4.69. The van der Waals surface area contributed by atoms with Gasteiger partial charge in [0.2, 0.25) is 0 Å². The van der Waals surface area contributed by atoms with E-state index in [9.17, 15) is 4.79 Å². The van der Waals surface area contributed by atoms with Crippen molar-refractivity contribution in [2.75, 3.05) is 18.4 Å². The minimum absolute atomic E-state index is 0.206.